The largest absolute Gasteiger partial charge is 0.435 e. The van der Waals surface area contributed by atoms with Crippen LogP contribution in [0.5, 0.6) is 0 Å². The molecule has 7 nitrogen and oxygen atoms in total. The third-order valence-corrected chi connectivity index (χ3v) is 5.97. The molecule has 0 saturated heterocycles. The Bertz CT molecular complexity index is 1240. The number of carbonyl (C=O) groups excluding carboxylic acids is 1. The molecular formula is C17H11Cl2F3N4O3S. The first-order chi connectivity index (χ1) is 13.9. The molecule has 1 N–H and O–H groups in total. The molecular weight excluding hydrogens is 468 g/mol. The van der Waals surface area contributed by atoms with Gasteiger partial charge in [-0.05, 0) is 36.8 Å². The molecule has 0 radical (unpaired) electrons. The van der Waals surface area contributed by atoms with E-state index in [9.17, 15) is 26.4 Å². The Morgan fingerprint density at radius 2 is 1.77 bits per heavy atom. The molecule has 158 valence electrons. The minimum atomic E-state index is -5.10. The van der Waals surface area contributed by atoms with Crippen molar-refractivity contribution in [3.8, 4) is 5.69 Å². The Morgan fingerprint density at radius 1 is 1.10 bits per heavy atom. The smallest absolute Gasteiger partial charge is 0.266 e. The number of rotatable bonds is 4. The van der Waals surface area contributed by atoms with Gasteiger partial charge in [-0.1, -0.05) is 46.6 Å². The van der Waals surface area contributed by atoms with E-state index in [0.29, 0.717) is 10.2 Å². The van der Waals surface area contributed by atoms with Crippen LogP contribution in [0.25, 0.3) is 5.69 Å². The minimum Gasteiger partial charge on any atom is -0.266 e. The molecule has 0 unspecified atom stereocenters. The van der Waals surface area contributed by atoms with Crippen molar-refractivity contribution in [2.45, 2.75) is 18.0 Å². The molecule has 0 aliphatic rings. The Kier molecular flexibility index (Phi) is 5.81. The average Bonchev–Trinajstić information content (AvgIpc) is 3.07. The van der Waals surface area contributed by atoms with Crippen molar-refractivity contribution in [3.63, 3.8) is 0 Å². The van der Waals surface area contributed by atoms with Crippen LogP contribution in [0.15, 0.2) is 47.4 Å². The van der Waals surface area contributed by atoms with Crippen LogP contribution in [0.1, 0.15) is 21.7 Å². The molecule has 3 rings (SSSR count). The van der Waals surface area contributed by atoms with Gasteiger partial charge in [-0.3, -0.25) is 4.79 Å². The van der Waals surface area contributed by atoms with Crippen LogP contribution in [-0.2, 0) is 16.2 Å². The summed E-state index contributed by atoms with van der Waals surface area (Å²) in [6.45, 7) is 1.68. The lowest BCUT2D eigenvalue weighted by Gasteiger charge is -2.13. The summed E-state index contributed by atoms with van der Waals surface area (Å²) in [6, 6.07) is 9.28. The van der Waals surface area contributed by atoms with Gasteiger partial charge < -0.3 is 0 Å². The van der Waals surface area contributed by atoms with E-state index in [-0.39, 0.29) is 15.7 Å². The van der Waals surface area contributed by atoms with Crippen LogP contribution < -0.4 is 4.72 Å². The molecule has 0 aliphatic carbocycles. The fourth-order valence-corrected chi connectivity index (χ4v) is 4.32. The summed E-state index contributed by atoms with van der Waals surface area (Å²) in [5.74, 6) is -1.63. The molecule has 0 bridgehead atoms. The third kappa shape index (κ3) is 4.27. The van der Waals surface area contributed by atoms with E-state index in [1.165, 1.54) is 41.1 Å². The lowest BCUT2D eigenvalue weighted by atomic mass is 10.2. The van der Waals surface area contributed by atoms with E-state index < -0.39 is 38.4 Å². The number of carbonyl (C=O) groups is 1. The quantitative estimate of drug-likeness (QED) is 0.610. The normalized spacial score (nSPS) is 12.1. The maximum Gasteiger partial charge on any atom is 0.435 e. The molecule has 0 saturated carbocycles. The van der Waals surface area contributed by atoms with E-state index in [0.717, 1.165) is 6.07 Å². The van der Waals surface area contributed by atoms with E-state index >= 15 is 0 Å². The maximum atomic E-state index is 13.7. The first-order valence-corrected chi connectivity index (χ1v) is 10.3. The minimum absolute atomic E-state index is 0.0685. The Labute approximate surface area is 178 Å². The monoisotopic (exact) mass is 478 g/mol. The van der Waals surface area contributed by atoms with Crippen molar-refractivity contribution in [2.24, 2.45) is 0 Å². The molecule has 1 amide bonds. The first kappa shape index (κ1) is 22.1. The maximum absolute atomic E-state index is 13.7. The van der Waals surface area contributed by atoms with E-state index in [2.05, 4.69) is 10.3 Å². The molecule has 3 aromatic rings. The van der Waals surface area contributed by atoms with Gasteiger partial charge in [0, 0.05) is 0 Å². The number of amides is 1. The number of halogens is 5. The van der Waals surface area contributed by atoms with Crippen molar-refractivity contribution in [1.29, 1.82) is 0 Å². The second-order valence-electron chi connectivity index (χ2n) is 6.02. The van der Waals surface area contributed by atoms with Crippen LogP contribution in [0.2, 0.25) is 10.0 Å². The molecule has 13 heteroatoms. The predicted octanol–water partition coefficient (Wildman–Crippen LogP) is 4.02. The average molecular weight is 479 g/mol. The number of hydrogen-bond acceptors (Lipinski definition) is 5. The zero-order chi connectivity index (χ0) is 22.3. The highest BCUT2D eigenvalue weighted by Gasteiger charge is 2.43. The fourth-order valence-electron chi connectivity index (χ4n) is 2.53. The van der Waals surface area contributed by atoms with Crippen molar-refractivity contribution >= 4 is 39.1 Å². The van der Waals surface area contributed by atoms with E-state index in [1.54, 1.807) is 6.92 Å². The number of aromatic nitrogens is 3. The first-order valence-electron chi connectivity index (χ1n) is 8.03. The standard InChI is InChI=1S/C17H11Cl2F3N4O3S/c1-9-6-7-12(11(19)8-9)26-15(17(20,21)22)14(23-25-26)16(27)24-30(28,29)13-5-3-2-4-10(13)18/h2-8H,1H3,(H,24,27). The number of hydrogen-bond donors (Lipinski definition) is 1. The second-order valence-corrected chi connectivity index (χ2v) is 8.48. The topological polar surface area (TPSA) is 93.9 Å². The summed E-state index contributed by atoms with van der Waals surface area (Å²) in [5.41, 5.74) is -2.33. The lowest BCUT2D eigenvalue weighted by molar-refractivity contribution is -0.143. The molecule has 0 atom stereocenters. The predicted molar refractivity (Wildman–Crippen MR) is 102 cm³/mol. The van der Waals surface area contributed by atoms with Crippen LogP contribution >= 0.6 is 23.2 Å². The molecule has 2 aromatic carbocycles. The summed E-state index contributed by atoms with van der Waals surface area (Å²) >= 11 is 11.8. The number of alkyl halides is 3. The molecule has 1 heterocycles. The van der Waals surface area contributed by atoms with E-state index in [1.807, 2.05) is 0 Å². The highest BCUT2D eigenvalue weighted by molar-refractivity contribution is 7.90. The van der Waals surface area contributed by atoms with Crippen LogP contribution in [-0.4, -0.2) is 29.3 Å². The van der Waals surface area contributed by atoms with Gasteiger partial charge in [-0.2, -0.15) is 13.2 Å². The number of sulfonamides is 1. The highest BCUT2D eigenvalue weighted by atomic mass is 35.5. The van der Waals surface area contributed by atoms with Crippen molar-refractivity contribution in [2.75, 3.05) is 0 Å². The van der Waals surface area contributed by atoms with Gasteiger partial charge in [0.05, 0.1) is 15.7 Å². The zero-order valence-electron chi connectivity index (χ0n) is 14.9. The van der Waals surface area contributed by atoms with E-state index in [4.69, 9.17) is 23.2 Å². The molecule has 1 aromatic heterocycles. The summed E-state index contributed by atoms with van der Waals surface area (Å²) in [5, 5.41) is 6.33. The Morgan fingerprint density at radius 3 is 2.37 bits per heavy atom. The molecule has 0 fully saturated rings. The number of nitrogens with one attached hydrogen (secondary N) is 1. The number of nitrogens with zero attached hydrogens (tertiary/aromatic N) is 3. The van der Waals surface area contributed by atoms with Crippen LogP contribution in [0, 0.1) is 6.92 Å². The second kappa shape index (κ2) is 7.89. The fraction of sp³-hybridized carbons (Fsp3) is 0.118. The Hall–Kier alpha value is -2.63. The van der Waals surface area contributed by atoms with Crippen molar-refractivity contribution in [1.82, 2.24) is 19.7 Å². The molecule has 30 heavy (non-hydrogen) atoms. The molecule has 0 spiro atoms. The zero-order valence-corrected chi connectivity index (χ0v) is 17.2. The van der Waals surface area contributed by atoms with Gasteiger partial charge >= 0.3 is 6.18 Å². The lowest BCUT2D eigenvalue weighted by Crippen LogP contribution is -2.33. The van der Waals surface area contributed by atoms with Gasteiger partial charge in [0.2, 0.25) is 0 Å². The van der Waals surface area contributed by atoms with Gasteiger partial charge in [-0.25, -0.2) is 17.8 Å². The Balaban J connectivity index is 2.07. The summed E-state index contributed by atoms with van der Waals surface area (Å²) < 4.78 is 67.8. The summed E-state index contributed by atoms with van der Waals surface area (Å²) in [6.07, 6.45) is -5.10. The molecule has 0 aliphatic heterocycles. The number of benzene rings is 2. The SMILES string of the molecule is Cc1ccc(-n2nnc(C(=O)NS(=O)(=O)c3ccccc3Cl)c2C(F)(F)F)c(Cl)c1. The van der Waals surface area contributed by atoms with Crippen molar-refractivity contribution < 1.29 is 26.4 Å². The van der Waals surface area contributed by atoms with Crippen molar-refractivity contribution in [3.05, 3.63) is 69.5 Å². The van der Waals surface area contributed by atoms with Gasteiger partial charge in [-0.15, -0.1) is 5.10 Å². The van der Waals surface area contributed by atoms with Crippen LogP contribution in [0.3, 0.4) is 0 Å². The number of aryl methyl sites for hydroxylation is 1. The summed E-state index contributed by atoms with van der Waals surface area (Å²) in [4.78, 5) is 11.9. The highest BCUT2D eigenvalue weighted by Crippen LogP contribution is 2.34. The summed E-state index contributed by atoms with van der Waals surface area (Å²) in [7, 11) is -4.57. The van der Waals surface area contributed by atoms with Gasteiger partial charge in [0.25, 0.3) is 15.9 Å². The van der Waals surface area contributed by atoms with Crippen LogP contribution in [0.4, 0.5) is 13.2 Å². The van der Waals surface area contributed by atoms with Gasteiger partial charge in [0.15, 0.2) is 11.4 Å². The third-order valence-electron chi connectivity index (χ3n) is 3.84. The van der Waals surface area contributed by atoms with Gasteiger partial charge in [0.1, 0.15) is 4.90 Å².